The van der Waals surface area contributed by atoms with Crippen molar-refractivity contribution in [1.29, 1.82) is 0 Å². The van der Waals surface area contributed by atoms with Gasteiger partial charge in [-0.05, 0) is 19.9 Å². The van der Waals surface area contributed by atoms with E-state index in [4.69, 9.17) is 18.9 Å². The third-order valence-corrected chi connectivity index (χ3v) is 9.84. The smallest absolute Gasteiger partial charge is 0.312 e. The molecule has 13 heteroatoms. The van der Waals surface area contributed by atoms with Gasteiger partial charge in [-0.2, -0.15) is 0 Å². The number of carbonyl (C=O) groups excluding carboxylic acids is 3. The number of amides is 1. The van der Waals surface area contributed by atoms with Crippen molar-refractivity contribution in [2.45, 2.75) is 85.6 Å². The number of aliphatic hydroxyl groups excluding tert-OH is 2. The zero-order valence-corrected chi connectivity index (χ0v) is 29.7. The Morgan fingerprint density at radius 2 is 1.60 bits per heavy atom. The van der Waals surface area contributed by atoms with E-state index in [1.807, 2.05) is 0 Å². The lowest BCUT2D eigenvalue weighted by Gasteiger charge is -2.38. The number of anilines is 1. The van der Waals surface area contributed by atoms with Crippen molar-refractivity contribution in [3.8, 4) is 23.0 Å². The normalized spacial score (nSPS) is 33.2. The van der Waals surface area contributed by atoms with E-state index >= 15 is 0 Å². The molecule has 0 radical (unpaired) electrons. The van der Waals surface area contributed by atoms with Crippen LogP contribution in [0.25, 0.3) is 10.8 Å². The first-order chi connectivity index (χ1) is 23.4. The summed E-state index contributed by atoms with van der Waals surface area (Å²) in [6, 6.07) is 1.06. The molecule has 2 aromatic rings. The number of ether oxygens (including phenoxy) is 4. The molecule has 6 N–H and O–H groups in total. The van der Waals surface area contributed by atoms with Gasteiger partial charge < -0.3 is 49.8 Å². The predicted molar refractivity (Wildman–Crippen MR) is 184 cm³/mol. The Hall–Kier alpha value is -4.59. The summed E-state index contributed by atoms with van der Waals surface area (Å²) >= 11 is 0. The van der Waals surface area contributed by atoms with E-state index in [0.717, 1.165) is 6.07 Å². The monoisotopic (exact) mass is 697 g/mol. The summed E-state index contributed by atoms with van der Waals surface area (Å²) in [5.41, 5.74) is -0.0929. The van der Waals surface area contributed by atoms with Crippen molar-refractivity contribution in [3.05, 3.63) is 53.3 Å². The van der Waals surface area contributed by atoms with E-state index in [9.17, 15) is 39.9 Å². The summed E-state index contributed by atoms with van der Waals surface area (Å²) < 4.78 is 23.2. The Balaban J connectivity index is 1.87. The van der Waals surface area contributed by atoms with Crippen molar-refractivity contribution in [1.82, 2.24) is 0 Å². The fourth-order valence-corrected chi connectivity index (χ4v) is 6.65. The second kappa shape index (κ2) is 14.7. The third kappa shape index (κ3) is 7.03. The molecule has 0 aromatic heterocycles. The number of allylic oxidation sites excluding steroid dienone is 2. The molecule has 0 aliphatic carbocycles. The largest absolute Gasteiger partial charge is 0.507 e. The van der Waals surface area contributed by atoms with Crippen molar-refractivity contribution in [2.75, 3.05) is 12.4 Å². The lowest BCUT2D eigenvalue weighted by molar-refractivity contribution is -0.160. The summed E-state index contributed by atoms with van der Waals surface area (Å²) in [5, 5.41) is 58.2. The summed E-state index contributed by atoms with van der Waals surface area (Å²) in [4.78, 5) is 39.2. The maximum Gasteiger partial charge on any atom is 0.312 e. The van der Waals surface area contributed by atoms with Crippen LogP contribution in [-0.2, 0) is 23.8 Å². The molecule has 0 saturated heterocycles. The van der Waals surface area contributed by atoms with Gasteiger partial charge in [0.05, 0.1) is 41.2 Å². The zero-order valence-electron chi connectivity index (χ0n) is 29.7. The molecule has 0 spiro atoms. The van der Waals surface area contributed by atoms with Crippen LogP contribution in [0.5, 0.6) is 23.0 Å². The van der Waals surface area contributed by atoms with E-state index < -0.39 is 88.8 Å². The van der Waals surface area contributed by atoms with Crippen LogP contribution >= 0.6 is 0 Å². The molecular weight excluding hydrogens is 650 g/mol. The Kier molecular flexibility index (Phi) is 11.2. The average Bonchev–Trinajstić information content (AvgIpc) is 3.33. The van der Waals surface area contributed by atoms with Gasteiger partial charge in [0.25, 0.3) is 11.7 Å². The number of hydrogen-bond donors (Lipinski definition) is 6. The number of esters is 1. The molecule has 272 valence electrons. The SMILES string of the molecule is CO[C@@H]1/C=C\O[C@@]2(C)Oc3c(C)c(O)c4c(O)c(cc(O)c4c3C2=O)NC(=O)/C(C)=C\C=C\[C@H](C)[C@H](O)[C@@H](C)[C@@H](O)[C@@H](C)[C@H](OC(C)=O)[C@H]1C. The highest BCUT2D eigenvalue weighted by molar-refractivity contribution is 6.21. The van der Waals surface area contributed by atoms with Gasteiger partial charge in [-0.25, -0.2) is 0 Å². The van der Waals surface area contributed by atoms with E-state index in [0.29, 0.717) is 0 Å². The number of hydrogen-bond acceptors (Lipinski definition) is 12. The molecule has 3 aliphatic heterocycles. The number of rotatable bonds is 2. The minimum Gasteiger partial charge on any atom is -0.507 e. The number of phenols is 3. The van der Waals surface area contributed by atoms with Crippen LogP contribution in [0.3, 0.4) is 0 Å². The molecule has 5 rings (SSSR count). The predicted octanol–water partition coefficient (Wildman–Crippen LogP) is 4.75. The summed E-state index contributed by atoms with van der Waals surface area (Å²) in [5.74, 6) is -7.99. The number of phenolic OH excluding ortho intramolecular Hbond substituents is 3. The van der Waals surface area contributed by atoms with E-state index in [2.05, 4.69) is 5.32 Å². The molecule has 1 amide bonds. The maximum atomic E-state index is 13.9. The number of benzene rings is 2. The molecule has 50 heavy (non-hydrogen) atoms. The topological polar surface area (TPSA) is 201 Å². The Bertz CT molecular complexity index is 1760. The van der Waals surface area contributed by atoms with E-state index in [1.165, 1.54) is 53.2 Å². The number of methoxy groups -OCH3 is 1. The van der Waals surface area contributed by atoms with Gasteiger partial charge >= 0.3 is 11.8 Å². The first-order valence-electron chi connectivity index (χ1n) is 16.4. The summed E-state index contributed by atoms with van der Waals surface area (Å²) in [6.45, 7) is 12.5. The number of aliphatic hydroxyl groups is 2. The first kappa shape index (κ1) is 38.2. The number of carbonyl (C=O) groups is 3. The van der Waals surface area contributed by atoms with Gasteiger partial charge in [0.1, 0.15) is 23.4 Å². The quantitative estimate of drug-likeness (QED) is 0.143. The van der Waals surface area contributed by atoms with Crippen LogP contribution in [0.1, 0.15) is 64.4 Å². The fourth-order valence-electron chi connectivity index (χ4n) is 6.65. The number of Topliss-reactive ketones (excluding diaryl/α,β-unsaturated/α-hetero) is 1. The van der Waals surface area contributed by atoms with Crippen LogP contribution in [-0.4, -0.2) is 80.5 Å². The highest BCUT2D eigenvalue weighted by atomic mass is 16.7. The average molecular weight is 698 g/mol. The van der Waals surface area contributed by atoms with Crippen LogP contribution in [0.15, 0.2) is 42.2 Å². The standard InChI is InChI=1S/C37H47NO12/c1-16-11-10-12-17(2)36(46)38-23-15-24(40)26-27(32(23)44)31(43)21(6)34-28(26)35(45)37(8,50-34)48-14-13-25(47-9)18(3)33(49-22(7)39)20(5)30(42)19(4)29(16)41/h10-16,18-20,25,29-30,33,40-44H,1-9H3,(H,38,46)/b11-10+,14-13-,17-12-/t16-,18-,19+,20+,25+,29-,30+,33+,37-/m0/s1. The van der Waals surface area contributed by atoms with Crippen molar-refractivity contribution in [2.24, 2.45) is 23.7 Å². The second-order valence-corrected chi connectivity index (χ2v) is 13.4. The molecular formula is C37H47NO12. The number of ketones is 1. The molecule has 2 aromatic carbocycles. The maximum absolute atomic E-state index is 13.9. The van der Waals surface area contributed by atoms with Gasteiger partial charge in [0.2, 0.25) is 0 Å². The van der Waals surface area contributed by atoms with Gasteiger partial charge in [-0.1, -0.05) is 45.9 Å². The zero-order chi connectivity index (χ0) is 37.4. The van der Waals surface area contributed by atoms with Gasteiger partial charge in [-0.15, -0.1) is 0 Å². The van der Waals surface area contributed by atoms with E-state index in [-0.39, 0.29) is 38.9 Å². The molecule has 0 saturated carbocycles. The van der Waals surface area contributed by atoms with Crippen LogP contribution in [0.2, 0.25) is 0 Å². The molecule has 5 bridgehead atoms. The third-order valence-electron chi connectivity index (χ3n) is 9.84. The molecule has 0 fully saturated rings. The Morgan fingerprint density at radius 1 is 0.940 bits per heavy atom. The van der Waals surface area contributed by atoms with Gasteiger partial charge in [0.15, 0.2) is 5.75 Å². The number of aromatic hydroxyl groups is 3. The summed E-state index contributed by atoms with van der Waals surface area (Å²) in [6.07, 6.45) is 3.62. The molecule has 3 heterocycles. The Labute approximate surface area is 290 Å². The van der Waals surface area contributed by atoms with Crippen LogP contribution in [0, 0.1) is 30.6 Å². The molecule has 3 aliphatic rings. The fraction of sp³-hybridized carbons (Fsp3) is 0.486. The first-order valence-corrected chi connectivity index (χ1v) is 16.4. The highest BCUT2D eigenvalue weighted by Crippen LogP contribution is 2.53. The summed E-state index contributed by atoms with van der Waals surface area (Å²) in [7, 11) is 1.43. The van der Waals surface area contributed by atoms with Crippen LogP contribution < -0.4 is 10.1 Å². The minimum absolute atomic E-state index is 0.0709. The van der Waals surface area contributed by atoms with Crippen molar-refractivity contribution in [3.63, 3.8) is 0 Å². The lowest BCUT2D eigenvalue weighted by atomic mass is 9.78. The second-order valence-electron chi connectivity index (χ2n) is 13.4. The highest BCUT2D eigenvalue weighted by Gasteiger charge is 2.49. The molecule has 9 atom stereocenters. The molecule has 0 unspecified atom stereocenters. The number of fused-ring (bicyclic) bond motifs is 14. The van der Waals surface area contributed by atoms with Gasteiger partial charge in [-0.3, -0.25) is 14.4 Å². The van der Waals surface area contributed by atoms with Crippen molar-refractivity contribution < 1.29 is 58.9 Å². The van der Waals surface area contributed by atoms with Crippen molar-refractivity contribution >= 4 is 34.1 Å². The lowest BCUT2D eigenvalue weighted by Crippen LogP contribution is -2.46. The van der Waals surface area contributed by atoms with E-state index in [1.54, 1.807) is 39.8 Å². The van der Waals surface area contributed by atoms with Gasteiger partial charge in [0, 0.05) is 67.2 Å². The minimum atomic E-state index is -1.98. The number of nitrogens with one attached hydrogen (secondary N) is 1. The Morgan fingerprint density at radius 3 is 2.22 bits per heavy atom. The van der Waals surface area contributed by atoms with Crippen LogP contribution in [0.4, 0.5) is 5.69 Å². The molecule has 13 nitrogen and oxygen atoms in total.